The van der Waals surface area contributed by atoms with Gasteiger partial charge in [0, 0.05) is 35.7 Å². The van der Waals surface area contributed by atoms with Crippen LogP contribution in [0.25, 0.3) is 0 Å². The van der Waals surface area contributed by atoms with E-state index in [0.29, 0.717) is 41.5 Å². The van der Waals surface area contributed by atoms with Gasteiger partial charge in [-0.05, 0) is 104 Å². The van der Waals surface area contributed by atoms with Crippen LogP contribution in [0.2, 0.25) is 0 Å². The third kappa shape index (κ3) is 23.6. The van der Waals surface area contributed by atoms with Crippen molar-refractivity contribution in [3.8, 4) is 36.0 Å². The van der Waals surface area contributed by atoms with Crippen molar-refractivity contribution in [3.63, 3.8) is 0 Å². The van der Waals surface area contributed by atoms with Crippen LogP contribution in [-0.2, 0) is 15.9 Å². The Morgan fingerprint density at radius 3 is 1.53 bits per heavy atom. The van der Waals surface area contributed by atoms with Crippen molar-refractivity contribution in [2.24, 2.45) is 0 Å². The van der Waals surface area contributed by atoms with Crippen LogP contribution in [0.3, 0.4) is 0 Å². The summed E-state index contributed by atoms with van der Waals surface area (Å²) in [5.74, 6) is 4.22. The molecule has 0 saturated carbocycles. The molecule has 0 aliphatic heterocycles. The number of alkyl halides is 6. The number of Topliss-reactive ketones (excluding diaryl/α,β-unsaturated/α-hetero) is 2. The monoisotopic (exact) mass is 951 g/mol. The van der Waals surface area contributed by atoms with Crippen molar-refractivity contribution in [3.05, 3.63) is 163 Å². The molecule has 0 spiro atoms. The Kier molecular flexibility index (Phi) is 31.8. The van der Waals surface area contributed by atoms with E-state index in [-0.39, 0.29) is 52.4 Å². The maximum atomic E-state index is 14.1. The van der Waals surface area contributed by atoms with Gasteiger partial charge in [-0.1, -0.05) is 54.3 Å². The quantitative estimate of drug-likeness (QED) is 0.0224. The molecule has 2 atom stereocenters. The predicted octanol–water partition coefficient (Wildman–Crippen LogP) is 13.5. The summed E-state index contributed by atoms with van der Waals surface area (Å²) in [5.41, 5.74) is 2.36. The molecule has 0 aromatic heterocycles. The normalized spacial score (nSPS) is 10.4. The average molecular weight is 953 g/mol. The first kappa shape index (κ1) is 55.8. The first-order valence-corrected chi connectivity index (χ1v) is 20.6. The molecule has 0 N–H and O–H groups in total. The molecule has 2 unspecified atom stereocenters. The Morgan fingerprint density at radius 1 is 0.695 bits per heavy atom. The summed E-state index contributed by atoms with van der Waals surface area (Å²) in [6.45, 7) is 6.23. The number of hydrogen-bond acceptors (Lipinski definition) is 6. The van der Waals surface area contributed by atoms with Crippen molar-refractivity contribution in [1.29, 1.82) is 10.5 Å². The SMILES string of the molecule is C#N.C=CCCC(F)c1cccc(C#Cc2ccc(OC(F)F)cc2)c1.C=CCCC(F)c1cccc(C(=O)C(=O)c2ccc(OC(F)F)cc2)c1.CC#N.[CH3-].[Cl][Pd][Cl]. The van der Waals surface area contributed by atoms with Crippen LogP contribution in [0.5, 0.6) is 11.5 Å². The molecule has 0 aliphatic rings. The number of ether oxygens (including phenoxy) is 2. The average Bonchev–Trinajstić information content (AvgIpc) is 3.22. The third-order valence-corrected chi connectivity index (χ3v) is 6.99. The number of benzene rings is 4. The molecule has 4 aromatic carbocycles. The van der Waals surface area contributed by atoms with Crippen molar-refractivity contribution in [2.75, 3.05) is 0 Å². The number of ketones is 2. The summed E-state index contributed by atoms with van der Waals surface area (Å²) in [7, 11) is 9.63. The third-order valence-electron chi connectivity index (χ3n) is 6.99. The van der Waals surface area contributed by atoms with Crippen molar-refractivity contribution < 1.29 is 61.3 Å². The summed E-state index contributed by atoms with van der Waals surface area (Å²) in [6.07, 6.45) is 2.73. The Balaban J connectivity index is 0. The second kappa shape index (κ2) is 33.6. The Hall–Kier alpha value is -5.34. The van der Waals surface area contributed by atoms with Crippen LogP contribution in [0, 0.1) is 42.4 Å². The molecule has 0 radical (unpaired) electrons. The number of nitriles is 2. The van der Waals surface area contributed by atoms with Gasteiger partial charge in [0.15, 0.2) is 0 Å². The number of carbonyl (C=O) groups is 2. The fraction of sp³-hybridized carbons (Fsp3) is 0.205. The van der Waals surface area contributed by atoms with Crippen LogP contribution in [0.15, 0.2) is 122 Å². The van der Waals surface area contributed by atoms with Gasteiger partial charge in [-0.15, -0.1) is 13.2 Å². The van der Waals surface area contributed by atoms with E-state index in [0.717, 1.165) is 0 Å². The molecule has 318 valence electrons. The number of rotatable bonds is 15. The summed E-state index contributed by atoms with van der Waals surface area (Å²) < 4.78 is 85.1. The second-order valence-corrected chi connectivity index (χ2v) is 13.3. The maximum absolute atomic E-state index is 14.1. The second-order valence-electron chi connectivity index (χ2n) is 10.9. The topological polar surface area (TPSA) is 100 Å². The van der Waals surface area contributed by atoms with Gasteiger partial charge in [0.2, 0.25) is 11.6 Å². The molecule has 4 rings (SSSR count). The van der Waals surface area contributed by atoms with Gasteiger partial charge in [-0.3, -0.25) is 9.59 Å². The van der Waals surface area contributed by atoms with Crippen LogP contribution in [0.1, 0.15) is 87.9 Å². The van der Waals surface area contributed by atoms with E-state index in [9.17, 15) is 35.9 Å². The molecule has 15 heteroatoms. The van der Waals surface area contributed by atoms with E-state index >= 15 is 0 Å². The van der Waals surface area contributed by atoms with E-state index in [2.05, 4.69) is 41.0 Å². The van der Waals surface area contributed by atoms with Crippen molar-refractivity contribution >= 4 is 30.6 Å². The summed E-state index contributed by atoms with van der Waals surface area (Å²) in [4.78, 5) is 24.6. The fourth-order valence-corrected chi connectivity index (χ4v) is 4.46. The number of nitrogens with zero attached hydrogens (tertiary/aromatic N) is 2. The fourth-order valence-electron chi connectivity index (χ4n) is 4.46. The Morgan fingerprint density at radius 2 is 1.08 bits per heavy atom. The molecule has 4 aromatic rings. The van der Waals surface area contributed by atoms with Crippen molar-refractivity contribution in [2.45, 2.75) is 58.2 Å². The van der Waals surface area contributed by atoms with Crippen LogP contribution < -0.4 is 9.47 Å². The molecule has 0 bridgehead atoms. The summed E-state index contributed by atoms with van der Waals surface area (Å²) >= 11 is -0.106. The molecular weight excluding hydrogens is 912 g/mol. The van der Waals surface area contributed by atoms with E-state index in [1.54, 1.807) is 60.7 Å². The van der Waals surface area contributed by atoms with Gasteiger partial charge >= 0.3 is 48.2 Å². The zero-order chi connectivity index (χ0) is 43.9. The molecule has 59 heavy (non-hydrogen) atoms. The minimum atomic E-state index is -2.98. The zero-order valence-electron chi connectivity index (χ0n) is 31.9. The number of carbonyl (C=O) groups excluding carboxylic acids is 2. The number of allylic oxidation sites excluding steroid dienone is 2. The van der Waals surface area contributed by atoms with Gasteiger partial charge in [0.1, 0.15) is 23.8 Å². The molecular formula is C44H41Cl2F6N2O4Pd-. The van der Waals surface area contributed by atoms with E-state index in [1.165, 1.54) is 61.5 Å². The van der Waals surface area contributed by atoms with Crippen molar-refractivity contribution in [1.82, 2.24) is 0 Å². The van der Waals surface area contributed by atoms with Crippen LogP contribution in [0.4, 0.5) is 26.3 Å². The summed E-state index contributed by atoms with van der Waals surface area (Å²) in [5, 5.41) is 13.8. The molecule has 0 heterocycles. The van der Waals surface area contributed by atoms with Gasteiger partial charge < -0.3 is 16.9 Å². The molecule has 0 amide bonds. The Bertz CT molecular complexity index is 1970. The van der Waals surface area contributed by atoms with Gasteiger partial charge in [-0.25, -0.2) is 14.0 Å². The van der Waals surface area contributed by atoms with Gasteiger partial charge in [-0.2, -0.15) is 22.8 Å². The number of hydrogen-bond donors (Lipinski definition) is 0. The minimum absolute atomic E-state index is 0. The standard InChI is InChI=1S/C20H17F3O3.C20H17F3O.C2H3N.CHN.CH3.2ClH.Pd/c1-2-3-7-17(21)14-5-4-6-15(12-14)19(25)18(24)13-8-10-16(11-9-13)26-20(22)23;1-2-3-7-19(21)17-6-4-5-16(14-17)9-8-15-10-12-18(13-11-15)24-20(22)23;1-2-3;1-2;;;;/h2,4-6,8-12,17,20H,1,3,7H2;2,4-6,10-14,19-20H,1,3,7H2;1H3;1H;1H3;2*1H;/q;;;;-1;;;+2/p-2. The molecule has 6 nitrogen and oxygen atoms in total. The van der Waals surface area contributed by atoms with E-state index in [4.69, 9.17) is 29.6 Å². The Labute approximate surface area is 358 Å². The number of halogens is 8. The van der Waals surface area contributed by atoms with Gasteiger partial charge in [0.25, 0.3) is 0 Å². The van der Waals surface area contributed by atoms with E-state index < -0.39 is 37.1 Å². The van der Waals surface area contributed by atoms with Crippen LogP contribution >= 0.6 is 19.1 Å². The van der Waals surface area contributed by atoms with Crippen LogP contribution in [-0.4, -0.2) is 24.8 Å². The zero-order valence-corrected chi connectivity index (χ0v) is 35.0. The first-order valence-electron chi connectivity index (χ1n) is 16.6. The molecule has 0 aliphatic carbocycles. The summed E-state index contributed by atoms with van der Waals surface area (Å²) in [6, 6.07) is 25.4. The van der Waals surface area contributed by atoms with E-state index in [1.807, 2.05) is 0 Å². The predicted molar refractivity (Wildman–Crippen MR) is 216 cm³/mol. The van der Waals surface area contributed by atoms with Gasteiger partial charge in [0.05, 0.1) is 6.07 Å². The molecule has 0 saturated heterocycles. The molecule has 0 fully saturated rings. The first-order chi connectivity index (χ1) is 27.8.